The number of hydrogen-bond donors (Lipinski definition) is 3. The number of aromatic amines is 2. The van der Waals surface area contributed by atoms with Crippen LogP contribution in [0.2, 0.25) is 0 Å². The highest BCUT2D eigenvalue weighted by Gasteiger charge is 2.31. The molecule has 0 spiro atoms. The fourth-order valence-electron chi connectivity index (χ4n) is 2.52. The molecule has 1 amide bonds. The van der Waals surface area contributed by atoms with E-state index in [1.165, 1.54) is 12.1 Å². The minimum Gasteiger partial charge on any atom is -0.406 e. The summed E-state index contributed by atoms with van der Waals surface area (Å²) in [5, 5.41) is 2.70. The number of alkyl halides is 3. The Bertz CT molecular complexity index is 917. The molecule has 10 heteroatoms. The standard InChI is InChI=1S/C17H18F3N3O4/c1-9(11-3-5-12(6-4-11)27-17(18,19)20)21-14(24)8-7-13-10(2)22-16(26)23-15(13)25/h3-6,9H,7-8H2,1-2H3,(H,21,24)(H2,22,23,25,26). The summed E-state index contributed by atoms with van der Waals surface area (Å²) in [6.07, 6.45) is -4.62. The van der Waals surface area contributed by atoms with E-state index < -0.39 is 23.7 Å². The quantitative estimate of drug-likeness (QED) is 0.708. The lowest BCUT2D eigenvalue weighted by molar-refractivity contribution is -0.274. The van der Waals surface area contributed by atoms with Crippen molar-refractivity contribution in [3.05, 3.63) is 61.9 Å². The molecule has 0 saturated carbocycles. The van der Waals surface area contributed by atoms with Crippen molar-refractivity contribution in [1.29, 1.82) is 0 Å². The molecule has 0 aliphatic heterocycles. The second-order valence-electron chi connectivity index (χ2n) is 5.92. The van der Waals surface area contributed by atoms with E-state index in [0.717, 1.165) is 12.1 Å². The number of carbonyl (C=O) groups excluding carboxylic acids is 1. The second-order valence-corrected chi connectivity index (χ2v) is 5.92. The van der Waals surface area contributed by atoms with E-state index in [1.807, 2.05) is 0 Å². The number of amides is 1. The summed E-state index contributed by atoms with van der Waals surface area (Å²) < 4.78 is 40.2. The van der Waals surface area contributed by atoms with Gasteiger partial charge >= 0.3 is 12.1 Å². The van der Waals surface area contributed by atoms with Crippen molar-refractivity contribution in [3.63, 3.8) is 0 Å². The molecular formula is C17H18F3N3O4. The van der Waals surface area contributed by atoms with Gasteiger partial charge in [-0.05, 0) is 38.0 Å². The van der Waals surface area contributed by atoms with Crippen molar-refractivity contribution >= 4 is 5.91 Å². The highest BCUT2D eigenvalue weighted by Crippen LogP contribution is 2.24. The number of rotatable bonds is 6. The minimum atomic E-state index is -4.76. The van der Waals surface area contributed by atoms with Gasteiger partial charge in [-0.3, -0.25) is 14.6 Å². The van der Waals surface area contributed by atoms with Gasteiger partial charge in [0.2, 0.25) is 5.91 Å². The Labute approximate surface area is 151 Å². The Morgan fingerprint density at radius 2 is 1.81 bits per heavy atom. The molecule has 1 unspecified atom stereocenters. The van der Waals surface area contributed by atoms with Gasteiger partial charge in [-0.1, -0.05) is 12.1 Å². The third kappa shape index (κ3) is 6.01. The van der Waals surface area contributed by atoms with Gasteiger partial charge in [0.1, 0.15) is 5.75 Å². The average Bonchev–Trinajstić information content (AvgIpc) is 2.52. The molecule has 0 aliphatic carbocycles. The Balaban J connectivity index is 1.94. The van der Waals surface area contributed by atoms with Crippen LogP contribution in [0.25, 0.3) is 0 Å². The first-order chi connectivity index (χ1) is 12.5. The van der Waals surface area contributed by atoms with Crippen molar-refractivity contribution in [3.8, 4) is 5.75 Å². The molecule has 2 aromatic rings. The van der Waals surface area contributed by atoms with Crippen molar-refractivity contribution in [1.82, 2.24) is 15.3 Å². The maximum absolute atomic E-state index is 12.2. The molecular weight excluding hydrogens is 367 g/mol. The fourth-order valence-corrected chi connectivity index (χ4v) is 2.52. The van der Waals surface area contributed by atoms with Crippen LogP contribution in [0.4, 0.5) is 13.2 Å². The van der Waals surface area contributed by atoms with Gasteiger partial charge in [-0.25, -0.2) is 4.79 Å². The van der Waals surface area contributed by atoms with Gasteiger partial charge in [0.25, 0.3) is 5.56 Å². The van der Waals surface area contributed by atoms with E-state index in [1.54, 1.807) is 13.8 Å². The van der Waals surface area contributed by atoms with Gasteiger partial charge in [-0.15, -0.1) is 13.2 Å². The second kappa shape index (κ2) is 8.11. The molecule has 7 nitrogen and oxygen atoms in total. The van der Waals surface area contributed by atoms with Gasteiger partial charge in [0, 0.05) is 17.7 Å². The third-order valence-electron chi connectivity index (χ3n) is 3.85. The van der Waals surface area contributed by atoms with Gasteiger partial charge in [0.05, 0.1) is 6.04 Å². The summed E-state index contributed by atoms with van der Waals surface area (Å²) in [4.78, 5) is 39.5. The SMILES string of the molecule is Cc1[nH]c(=O)[nH]c(=O)c1CCC(=O)NC(C)c1ccc(OC(F)(F)F)cc1. The van der Waals surface area contributed by atoms with Crippen LogP contribution in [0.5, 0.6) is 5.75 Å². The molecule has 0 bridgehead atoms. The zero-order chi connectivity index (χ0) is 20.2. The van der Waals surface area contributed by atoms with Crippen LogP contribution in [0.1, 0.15) is 36.2 Å². The Morgan fingerprint density at radius 1 is 1.19 bits per heavy atom. The first-order valence-electron chi connectivity index (χ1n) is 8.02. The molecule has 27 heavy (non-hydrogen) atoms. The number of hydrogen-bond acceptors (Lipinski definition) is 4. The highest BCUT2D eigenvalue weighted by atomic mass is 19.4. The maximum atomic E-state index is 12.2. The smallest absolute Gasteiger partial charge is 0.406 e. The third-order valence-corrected chi connectivity index (χ3v) is 3.85. The molecule has 1 atom stereocenters. The summed E-state index contributed by atoms with van der Waals surface area (Å²) >= 11 is 0. The van der Waals surface area contributed by atoms with Crippen LogP contribution >= 0.6 is 0 Å². The van der Waals surface area contributed by atoms with Crippen LogP contribution in [0.15, 0.2) is 33.9 Å². The normalized spacial score (nSPS) is 12.5. The van der Waals surface area contributed by atoms with Crippen molar-refractivity contribution in [2.45, 2.75) is 39.1 Å². The molecule has 0 saturated heterocycles. The largest absolute Gasteiger partial charge is 0.573 e. The minimum absolute atomic E-state index is 0.00950. The van der Waals surface area contributed by atoms with Crippen molar-refractivity contribution < 1.29 is 22.7 Å². The number of aromatic nitrogens is 2. The van der Waals surface area contributed by atoms with E-state index >= 15 is 0 Å². The number of nitrogens with one attached hydrogen (secondary N) is 3. The predicted molar refractivity (Wildman–Crippen MR) is 90.4 cm³/mol. The summed E-state index contributed by atoms with van der Waals surface area (Å²) in [6, 6.07) is 4.71. The van der Waals surface area contributed by atoms with Crippen LogP contribution < -0.4 is 21.3 Å². The van der Waals surface area contributed by atoms with E-state index in [0.29, 0.717) is 16.8 Å². The summed E-state index contributed by atoms with van der Waals surface area (Å²) in [7, 11) is 0. The molecule has 0 fully saturated rings. The van der Waals surface area contributed by atoms with Crippen LogP contribution in [-0.2, 0) is 11.2 Å². The zero-order valence-corrected chi connectivity index (χ0v) is 14.6. The molecule has 1 heterocycles. The van der Waals surface area contributed by atoms with Crippen LogP contribution in [-0.4, -0.2) is 22.2 Å². The molecule has 146 valence electrons. The van der Waals surface area contributed by atoms with Crippen molar-refractivity contribution in [2.75, 3.05) is 0 Å². The fraction of sp³-hybridized carbons (Fsp3) is 0.353. The molecule has 3 N–H and O–H groups in total. The Hall–Kier alpha value is -3.04. The molecule has 0 aliphatic rings. The summed E-state index contributed by atoms with van der Waals surface area (Å²) in [5.41, 5.74) is 0.140. The first-order valence-corrected chi connectivity index (χ1v) is 8.02. The number of benzene rings is 1. The zero-order valence-electron chi connectivity index (χ0n) is 14.6. The topological polar surface area (TPSA) is 104 Å². The van der Waals surface area contributed by atoms with Gasteiger partial charge in [-0.2, -0.15) is 0 Å². The molecule has 2 rings (SSSR count). The molecule has 1 aromatic carbocycles. The van der Waals surface area contributed by atoms with Crippen LogP contribution in [0, 0.1) is 6.92 Å². The number of ether oxygens (including phenoxy) is 1. The Morgan fingerprint density at radius 3 is 2.37 bits per heavy atom. The van der Waals surface area contributed by atoms with Gasteiger partial charge in [0.15, 0.2) is 0 Å². The predicted octanol–water partition coefficient (Wildman–Crippen LogP) is 2.08. The number of carbonyl (C=O) groups is 1. The lowest BCUT2D eigenvalue weighted by atomic mass is 10.1. The maximum Gasteiger partial charge on any atom is 0.573 e. The van der Waals surface area contributed by atoms with E-state index in [4.69, 9.17) is 0 Å². The van der Waals surface area contributed by atoms with Crippen LogP contribution in [0.3, 0.4) is 0 Å². The highest BCUT2D eigenvalue weighted by molar-refractivity contribution is 5.76. The summed E-state index contributed by atoms with van der Waals surface area (Å²) in [5.74, 6) is -0.694. The van der Waals surface area contributed by atoms with E-state index in [9.17, 15) is 27.6 Å². The monoisotopic (exact) mass is 385 g/mol. The van der Waals surface area contributed by atoms with Gasteiger partial charge < -0.3 is 15.0 Å². The number of aryl methyl sites for hydroxylation is 1. The summed E-state index contributed by atoms with van der Waals surface area (Å²) in [6.45, 7) is 3.24. The molecule has 1 aromatic heterocycles. The first kappa shape index (κ1) is 20.3. The number of halogens is 3. The lowest BCUT2D eigenvalue weighted by Gasteiger charge is -2.15. The van der Waals surface area contributed by atoms with E-state index in [-0.39, 0.29) is 24.5 Å². The lowest BCUT2D eigenvalue weighted by Crippen LogP contribution is -2.30. The average molecular weight is 385 g/mol. The van der Waals surface area contributed by atoms with Crippen molar-refractivity contribution in [2.24, 2.45) is 0 Å². The number of H-pyrrole nitrogens is 2. The Kier molecular flexibility index (Phi) is 6.09. The van der Waals surface area contributed by atoms with E-state index in [2.05, 4.69) is 20.0 Å². The molecule has 0 radical (unpaired) electrons.